The summed E-state index contributed by atoms with van der Waals surface area (Å²) in [6, 6.07) is 9.73. The Hall–Kier alpha value is -3.02. The number of nitro groups is 1. The maximum absolute atomic E-state index is 13.0. The van der Waals surface area contributed by atoms with Crippen LogP contribution in [0.1, 0.15) is 6.42 Å². The van der Waals surface area contributed by atoms with Crippen LogP contribution in [0.3, 0.4) is 0 Å². The largest absolute Gasteiger partial charge is 0.277 e. The molecule has 5 rings (SSSR count). The normalized spacial score (nSPS) is 29.7. The third-order valence-corrected chi connectivity index (χ3v) is 5.79. The van der Waals surface area contributed by atoms with Crippen LogP contribution in [0, 0.1) is 33.8 Å². The van der Waals surface area contributed by atoms with Crippen molar-refractivity contribution in [3.05, 3.63) is 58.7 Å². The molecule has 0 spiro atoms. The fourth-order valence-electron chi connectivity index (χ4n) is 4.76. The number of hydrogen-bond acceptors (Lipinski definition) is 4. The zero-order chi connectivity index (χ0) is 17.3. The summed E-state index contributed by atoms with van der Waals surface area (Å²) < 4.78 is 0. The summed E-state index contributed by atoms with van der Waals surface area (Å²) in [7, 11) is 0. The molecular formula is C19H14N2O4. The number of fused-ring (bicyclic) bond motifs is 6. The molecule has 0 radical (unpaired) electrons. The van der Waals surface area contributed by atoms with Gasteiger partial charge in [-0.3, -0.25) is 19.7 Å². The SMILES string of the molecule is O=C1[C@@H]2[C@@H](C(=O)N1c1ccc([N+](=O)[O-])c3ccccc13)[C@H]1C=C[C@H]2C1. The number of carbonyl (C=O) groups excluding carboxylic acids is 2. The Morgan fingerprint density at radius 2 is 1.52 bits per heavy atom. The molecule has 1 heterocycles. The number of allylic oxidation sites excluding steroid dienone is 2. The fraction of sp³-hybridized carbons (Fsp3) is 0.263. The molecule has 2 aliphatic carbocycles. The van der Waals surface area contributed by atoms with E-state index < -0.39 is 4.92 Å². The van der Waals surface area contributed by atoms with Crippen LogP contribution in [0.25, 0.3) is 10.8 Å². The Balaban J connectivity index is 1.68. The fourth-order valence-corrected chi connectivity index (χ4v) is 4.76. The van der Waals surface area contributed by atoms with Crippen LogP contribution in [0.4, 0.5) is 11.4 Å². The number of nitro benzene ring substituents is 1. The minimum absolute atomic E-state index is 0.0274. The lowest BCUT2D eigenvalue weighted by Gasteiger charge is -2.19. The van der Waals surface area contributed by atoms with E-state index in [1.165, 1.54) is 17.0 Å². The summed E-state index contributed by atoms with van der Waals surface area (Å²) in [4.78, 5) is 38.1. The number of rotatable bonds is 2. The van der Waals surface area contributed by atoms with E-state index in [2.05, 4.69) is 12.2 Å². The van der Waals surface area contributed by atoms with Crippen molar-refractivity contribution in [1.29, 1.82) is 0 Å². The standard InChI is InChI=1S/C19H14N2O4/c22-18-16-10-5-6-11(9-10)17(16)19(23)20(18)14-7-8-15(21(24)25)13-4-2-1-3-12(13)14/h1-8,10-11,16-17H,9H2/t10-,11-,16-,17-/m0/s1. The topological polar surface area (TPSA) is 80.5 Å². The van der Waals surface area contributed by atoms with Gasteiger partial charge in [-0.15, -0.1) is 0 Å². The van der Waals surface area contributed by atoms with E-state index in [1.54, 1.807) is 24.3 Å². The average molecular weight is 334 g/mol. The van der Waals surface area contributed by atoms with Crippen molar-refractivity contribution in [3.8, 4) is 0 Å². The van der Waals surface area contributed by atoms with Gasteiger partial charge in [0, 0.05) is 11.5 Å². The van der Waals surface area contributed by atoms with E-state index in [0.29, 0.717) is 16.5 Å². The molecule has 4 atom stereocenters. The molecule has 1 saturated heterocycles. The van der Waals surface area contributed by atoms with Gasteiger partial charge in [-0.25, -0.2) is 4.90 Å². The van der Waals surface area contributed by atoms with Gasteiger partial charge in [0.05, 0.1) is 27.8 Å². The van der Waals surface area contributed by atoms with Gasteiger partial charge in [-0.05, 0) is 30.4 Å². The van der Waals surface area contributed by atoms with Gasteiger partial charge in [0.1, 0.15) is 0 Å². The second-order valence-electron chi connectivity index (χ2n) is 6.92. The average Bonchev–Trinajstić information content (AvgIpc) is 3.28. The number of imide groups is 1. The molecule has 6 heteroatoms. The van der Waals surface area contributed by atoms with Gasteiger partial charge < -0.3 is 0 Å². The first kappa shape index (κ1) is 14.3. The maximum Gasteiger partial charge on any atom is 0.277 e. The minimum atomic E-state index is -0.446. The summed E-state index contributed by atoms with van der Waals surface area (Å²) in [6.45, 7) is 0. The summed E-state index contributed by atoms with van der Waals surface area (Å²) in [5.74, 6) is -0.633. The van der Waals surface area contributed by atoms with Crippen molar-refractivity contribution < 1.29 is 14.5 Å². The highest BCUT2D eigenvalue weighted by molar-refractivity contribution is 6.26. The predicted octanol–water partition coefficient (Wildman–Crippen LogP) is 3.06. The van der Waals surface area contributed by atoms with Crippen LogP contribution in [-0.2, 0) is 9.59 Å². The van der Waals surface area contributed by atoms with Gasteiger partial charge in [0.2, 0.25) is 11.8 Å². The van der Waals surface area contributed by atoms with E-state index in [1.807, 2.05) is 0 Å². The lowest BCUT2D eigenvalue weighted by Crippen LogP contribution is -2.33. The molecule has 0 aromatic heterocycles. The first-order valence-corrected chi connectivity index (χ1v) is 8.30. The van der Waals surface area contributed by atoms with Crippen LogP contribution in [-0.4, -0.2) is 16.7 Å². The van der Waals surface area contributed by atoms with E-state index in [9.17, 15) is 19.7 Å². The second-order valence-corrected chi connectivity index (χ2v) is 6.92. The quantitative estimate of drug-likeness (QED) is 0.366. The molecular weight excluding hydrogens is 320 g/mol. The molecule has 2 bridgehead atoms. The third-order valence-electron chi connectivity index (χ3n) is 5.79. The molecule has 124 valence electrons. The smallest absolute Gasteiger partial charge is 0.274 e. The van der Waals surface area contributed by atoms with Crippen LogP contribution in [0.15, 0.2) is 48.6 Å². The van der Waals surface area contributed by atoms with Gasteiger partial charge in [-0.2, -0.15) is 0 Å². The predicted molar refractivity (Wildman–Crippen MR) is 90.8 cm³/mol. The van der Waals surface area contributed by atoms with Crippen LogP contribution in [0.5, 0.6) is 0 Å². The number of amides is 2. The van der Waals surface area contributed by atoms with E-state index in [0.717, 1.165) is 6.42 Å². The lowest BCUT2D eigenvalue weighted by atomic mass is 9.85. The molecule has 2 amide bonds. The molecule has 3 aliphatic rings. The summed E-state index contributed by atoms with van der Waals surface area (Å²) in [5, 5.41) is 12.3. The molecule has 2 aromatic carbocycles. The highest BCUT2D eigenvalue weighted by Crippen LogP contribution is 2.53. The highest BCUT2D eigenvalue weighted by Gasteiger charge is 2.59. The molecule has 6 nitrogen and oxygen atoms in total. The maximum atomic E-state index is 13.0. The molecule has 1 saturated carbocycles. The van der Waals surface area contributed by atoms with E-state index in [-0.39, 0.29) is 41.2 Å². The zero-order valence-electron chi connectivity index (χ0n) is 13.2. The van der Waals surface area contributed by atoms with Crippen molar-refractivity contribution in [2.45, 2.75) is 6.42 Å². The summed E-state index contributed by atoms with van der Waals surface area (Å²) >= 11 is 0. The molecule has 1 aliphatic heterocycles. The monoisotopic (exact) mass is 334 g/mol. The molecule has 2 aromatic rings. The summed E-state index contributed by atoms with van der Waals surface area (Å²) in [5.41, 5.74) is 0.422. The number of hydrogen-bond donors (Lipinski definition) is 0. The first-order valence-electron chi connectivity index (χ1n) is 8.30. The minimum Gasteiger partial charge on any atom is -0.274 e. The molecule has 25 heavy (non-hydrogen) atoms. The van der Waals surface area contributed by atoms with E-state index in [4.69, 9.17) is 0 Å². The summed E-state index contributed by atoms with van der Waals surface area (Å²) in [6.07, 6.45) is 4.98. The number of benzene rings is 2. The molecule has 0 unspecified atom stereocenters. The Bertz CT molecular complexity index is 966. The van der Waals surface area contributed by atoms with Crippen molar-refractivity contribution in [1.82, 2.24) is 0 Å². The highest BCUT2D eigenvalue weighted by atomic mass is 16.6. The van der Waals surface area contributed by atoms with Gasteiger partial charge in [-0.1, -0.05) is 30.4 Å². The Morgan fingerprint density at radius 3 is 2.12 bits per heavy atom. The molecule has 2 fully saturated rings. The zero-order valence-corrected chi connectivity index (χ0v) is 13.2. The Kier molecular flexibility index (Phi) is 2.72. The Morgan fingerprint density at radius 1 is 0.920 bits per heavy atom. The van der Waals surface area contributed by atoms with Crippen LogP contribution >= 0.6 is 0 Å². The van der Waals surface area contributed by atoms with Crippen molar-refractivity contribution in [3.63, 3.8) is 0 Å². The first-order chi connectivity index (χ1) is 12.1. The number of carbonyl (C=O) groups is 2. The van der Waals surface area contributed by atoms with Crippen molar-refractivity contribution in [2.24, 2.45) is 23.7 Å². The molecule has 0 N–H and O–H groups in total. The van der Waals surface area contributed by atoms with Gasteiger partial charge >= 0.3 is 0 Å². The number of non-ortho nitro benzene ring substituents is 1. The van der Waals surface area contributed by atoms with Crippen LogP contribution in [0.2, 0.25) is 0 Å². The van der Waals surface area contributed by atoms with Crippen LogP contribution < -0.4 is 4.90 Å². The van der Waals surface area contributed by atoms with Gasteiger partial charge in [0.25, 0.3) is 5.69 Å². The number of nitrogens with zero attached hydrogens (tertiary/aromatic N) is 2. The Labute approximate surface area is 142 Å². The lowest BCUT2D eigenvalue weighted by molar-refractivity contribution is -0.383. The van der Waals surface area contributed by atoms with Crippen molar-refractivity contribution >= 4 is 34.0 Å². The van der Waals surface area contributed by atoms with E-state index >= 15 is 0 Å². The van der Waals surface area contributed by atoms with Gasteiger partial charge in [0.15, 0.2) is 0 Å². The third kappa shape index (κ3) is 1.74. The number of anilines is 1. The second kappa shape index (κ2) is 4.75. The van der Waals surface area contributed by atoms with Crippen molar-refractivity contribution in [2.75, 3.05) is 4.90 Å².